The van der Waals surface area contributed by atoms with Crippen LogP contribution in [0, 0.1) is 6.92 Å². The number of primary amides is 1. The molecule has 1 amide bonds. The minimum absolute atomic E-state index is 0.442. The number of carbonyl (C=O) groups excluding carboxylic acids is 1. The number of aromatic nitrogens is 1. The van der Waals surface area contributed by atoms with E-state index in [1.54, 1.807) is 6.07 Å². The van der Waals surface area contributed by atoms with Crippen LogP contribution in [0.25, 0.3) is 21.8 Å². The molecular formula is C15H12N2O. The summed E-state index contributed by atoms with van der Waals surface area (Å²) in [5.41, 5.74) is 8.51. The van der Waals surface area contributed by atoms with Gasteiger partial charge in [0.25, 0.3) is 5.91 Å². The van der Waals surface area contributed by atoms with Gasteiger partial charge in [0.2, 0.25) is 0 Å². The Labute approximate surface area is 104 Å². The fourth-order valence-corrected chi connectivity index (χ4v) is 2.20. The smallest absolute Gasteiger partial charge is 0.250 e. The van der Waals surface area contributed by atoms with E-state index in [0.717, 1.165) is 21.9 Å². The molecule has 3 nitrogen and oxygen atoms in total. The molecule has 1 aromatic heterocycles. The highest BCUT2D eigenvalue weighted by molar-refractivity contribution is 6.07. The summed E-state index contributed by atoms with van der Waals surface area (Å²) < 4.78 is 0. The number of nitrogens with two attached hydrogens (primary N) is 1. The van der Waals surface area contributed by atoms with Crippen molar-refractivity contribution in [2.75, 3.05) is 0 Å². The first-order chi connectivity index (χ1) is 8.66. The minimum atomic E-state index is -0.442. The Balaban J connectivity index is 2.52. The van der Waals surface area contributed by atoms with Crippen molar-refractivity contribution in [3.05, 3.63) is 53.6 Å². The zero-order valence-electron chi connectivity index (χ0n) is 9.97. The number of nitrogens with zero attached hydrogens (tertiary/aromatic N) is 1. The predicted octanol–water partition coefficient (Wildman–Crippen LogP) is 2.80. The average Bonchev–Trinajstić information content (AvgIpc) is 2.37. The molecule has 0 unspecified atom stereocenters. The van der Waals surface area contributed by atoms with Gasteiger partial charge in [0, 0.05) is 10.8 Å². The van der Waals surface area contributed by atoms with E-state index in [1.165, 1.54) is 0 Å². The van der Waals surface area contributed by atoms with Crippen LogP contribution in [0.1, 0.15) is 15.9 Å². The van der Waals surface area contributed by atoms with E-state index in [9.17, 15) is 4.79 Å². The summed E-state index contributed by atoms with van der Waals surface area (Å²) in [5, 5.41) is 2.04. The molecule has 3 heteroatoms. The Hall–Kier alpha value is -2.42. The molecule has 88 valence electrons. The van der Waals surface area contributed by atoms with Crippen LogP contribution in [-0.4, -0.2) is 10.9 Å². The van der Waals surface area contributed by atoms with Gasteiger partial charge in [0.15, 0.2) is 0 Å². The van der Waals surface area contributed by atoms with E-state index in [-0.39, 0.29) is 0 Å². The Morgan fingerprint density at radius 1 is 1.17 bits per heavy atom. The summed E-state index contributed by atoms with van der Waals surface area (Å²) in [7, 11) is 0. The Morgan fingerprint density at radius 3 is 2.72 bits per heavy atom. The number of hydrogen-bond acceptors (Lipinski definition) is 2. The maximum atomic E-state index is 11.4. The number of carbonyl (C=O) groups is 1. The molecule has 3 aromatic rings. The van der Waals surface area contributed by atoms with Gasteiger partial charge in [0.1, 0.15) is 0 Å². The zero-order valence-corrected chi connectivity index (χ0v) is 9.97. The van der Waals surface area contributed by atoms with Gasteiger partial charge in [-0.05, 0) is 30.7 Å². The van der Waals surface area contributed by atoms with Crippen LogP contribution in [0.4, 0.5) is 0 Å². The lowest BCUT2D eigenvalue weighted by Crippen LogP contribution is -2.12. The van der Waals surface area contributed by atoms with Crippen molar-refractivity contribution in [1.82, 2.24) is 4.98 Å². The minimum Gasteiger partial charge on any atom is -0.366 e. The van der Waals surface area contributed by atoms with Gasteiger partial charge in [-0.3, -0.25) is 4.79 Å². The van der Waals surface area contributed by atoms with Gasteiger partial charge >= 0.3 is 0 Å². The van der Waals surface area contributed by atoms with Crippen LogP contribution >= 0.6 is 0 Å². The molecule has 0 atom stereocenters. The second-order valence-electron chi connectivity index (χ2n) is 4.37. The highest BCUT2D eigenvalue weighted by atomic mass is 16.1. The van der Waals surface area contributed by atoms with Gasteiger partial charge in [0.05, 0.1) is 16.6 Å². The van der Waals surface area contributed by atoms with Crippen molar-refractivity contribution in [2.24, 2.45) is 5.73 Å². The van der Waals surface area contributed by atoms with Crippen molar-refractivity contribution in [3.63, 3.8) is 0 Å². The average molecular weight is 236 g/mol. The van der Waals surface area contributed by atoms with Gasteiger partial charge in [-0.1, -0.05) is 24.3 Å². The lowest BCUT2D eigenvalue weighted by Gasteiger charge is -2.07. The number of pyridine rings is 1. The van der Waals surface area contributed by atoms with E-state index in [4.69, 9.17) is 5.73 Å². The fraction of sp³-hybridized carbons (Fsp3) is 0.0667. The van der Waals surface area contributed by atoms with E-state index >= 15 is 0 Å². The molecule has 0 aliphatic rings. The monoisotopic (exact) mass is 236 g/mol. The number of amides is 1. The molecule has 2 N–H and O–H groups in total. The third-order valence-corrected chi connectivity index (χ3v) is 3.17. The highest BCUT2D eigenvalue weighted by Gasteiger charge is 2.10. The number of rotatable bonds is 1. The molecule has 3 rings (SSSR count). The van der Waals surface area contributed by atoms with Crippen LogP contribution in [0.5, 0.6) is 0 Å². The first kappa shape index (κ1) is 10.7. The number of fused-ring (bicyclic) bond motifs is 2. The van der Waals surface area contributed by atoms with Crippen LogP contribution in [0.2, 0.25) is 0 Å². The summed E-state index contributed by atoms with van der Waals surface area (Å²) in [6.45, 7) is 2.00. The maximum absolute atomic E-state index is 11.4. The first-order valence-electron chi connectivity index (χ1n) is 5.76. The summed E-state index contributed by atoms with van der Waals surface area (Å²) in [6.07, 6.45) is 0. The van der Waals surface area contributed by atoms with Crippen molar-refractivity contribution in [2.45, 2.75) is 6.92 Å². The molecule has 0 radical (unpaired) electrons. The lowest BCUT2D eigenvalue weighted by atomic mass is 10.0. The summed E-state index contributed by atoms with van der Waals surface area (Å²) in [6, 6.07) is 13.5. The normalized spacial score (nSPS) is 10.9. The molecule has 0 spiro atoms. The SMILES string of the molecule is Cc1ccc(C(N)=O)c2nc3ccccc3cc12. The molecule has 18 heavy (non-hydrogen) atoms. The van der Waals surface area contributed by atoms with E-state index in [1.807, 2.05) is 37.3 Å². The van der Waals surface area contributed by atoms with E-state index in [2.05, 4.69) is 11.1 Å². The number of aryl methyl sites for hydroxylation is 1. The van der Waals surface area contributed by atoms with Crippen molar-refractivity contribution in [3.8, 4) is 0 Å². The van der Waals surface area contributed by atoms with Gasteiger partial charge < -0.3 is 5.73 Å². The Morgan fingerprint density at radius 2 is 1.94 bits per heavy atom. The van der Waals surface area contributed by atoms with Gasteiger partial charge in [-0.15, -0.1) is 0 Å². The van der Waals surface area contributed by atoms with Crippen molar-refractivity contribution >= 4 is 27.7 Å². The summed E-state index contributed by atoms with van der Waals surface area (Å²) >= 11 is 0. The molecule has 2 aromatic carbocycles. The van der Waals surface area contributed by atoms with Gasteiger partial charge in [-0.25, -0.2) is 4.98 Å². The predicted molar refractivity (Wildman–Crippen MR) is 72.5 cm³/mol. The molecular weight excluding hydrogens is 224 g/mol. The first-order valence-corrected chi connectivity index (χ1v) is 5.76. The van der Waals surface area contributed by atoms with E-state index < -0.39 is 5.91 Å². The van der Waals surface area contributed by atoms with Crippen LogP contribution in [0.15, 0.2) is 42.5 Å². The largest absolute Gasteiger partial charge is 0.366 e. The molecule has 0 fully saturated rings. The molecule has 0 aliphatic heterocycles. The fourth-order valence-electron chi connectivity index (χ4n) is 2.20. The topological polar surface area (TPSA) is 56.0 Å². The second kappa shape index (κ2) is 3.81. The second-order valence-corrected chi connectivity index (χ2v) is 4.37. The van der Waals surface area contributed by atoms with E-state index in [0.29, 0.717) is 11.1 Å². The van der Waals surface area contributed by atoms with Crippen molar-refractivity contribution < 1.29 is 4.79 Å². The molecule has 0 saturated heterocycles. The number of para-hydroxylation sites is 1. The molecule has 0 aliphatic carbocycles. The zero-order chi connectivity index (χ0) is 12.7. The third kappa shape index (κ3) is 1.52. The Bertz CT molecular complexity index is 778. The molecule has 1 heterocycles. The summed E-state index contributed by atoms with van der Waals surface area (Å²) in [4.78, 5) is 16.0. The van der Waals surface area contributed by atoms with Crippen LogP contribution in [0.3, 0.4) is 0 Å². The number of benzene rings is 2. The van der Waals surface area contributed by atoms with Gasteiger partial charge in [-0.2, -0.15) is 0 Å². The van der Waals surface area contributed by atoms with Crippen molar-refractivity contribution in [1.29, 1.82) is 0 Å². The molecule has 0 bridgehead atoms. The van der Waals surface area contributed by atoms with Crippen LogP contribution < -0.4 is 5.73 Å². The standard InChI is InChI=1S/C15H12N2O/c1-9-6-7-11(15(16)18)14-12(9)8-10-4-2-3-5-13(10)17-14/h2-8H,1H3,(H2,16,18). The summed E-state index contributed by atoms with van der Waals surface area (Å²) in [5.74, 6) is -0.442. The van der Waals surface area contributed by atoms with Crippen LogP contribution in [-0.2, 0) is 0 Å². The number of hydrogen-bond donors (Lipinski definition) is 1. The molecule has 0 saturated carbocycles. The highest BCUT2D eigenvalue weighted by Crippen LogP contribution is 2.24. The maximum Gasteiger partial charge on any atom is 0.250 e. The third-order valence-electron chi connectivity index (χ3n) is 3.17. The lowest BCUT2D eigenvalue weighted by molar-refractivity contribution is 0.100. The Kier molecular flexibility index (Phi) is 2.27. The quantitative estimate of drug-likeness (QED) is 0.660.